The zero-order valence-corrected chi connectivity index (χ0v) is 17.9. The summed E-state index contributed by atoms with van der Waals surface area (Å²) in [6, 6.07) is 31.5. The third-order valence-electron chi connectivity index (χ3n) is 6.52. The van der Waals surface area contributed by atoms with Crippen LogP contribution in [0.1, 0.15) is 36.0 Å². The minimum absolute atomic E-state index is 0.109. The van der Waals surface area contributed by atoms with Crippen LogP contribution in [0.4, 0.5) is 0 Å². The van der Waals surface area contributed by atoms with E-state index in [1.54, 1.807) is 0 Å². The summed E-state index contributed by atoms with van der Waals surface area (Å²) in [6.07, 6.45) is 2.96. The highest BCUT2D eigenvalue weighted by Crippen LogP contribution is 2.46. The Hall–Kier alpha value is -2.95. The van der Waals surface area contributed by atoms with Crippen molar-refractivity contribution in [3.8, 4) is 0 Å². The molecular weight excluding hydrogens is 382 g/mol. The van der Waals surface area contributed by atoms with E-state index in [-0.39, 0.29) is 24.5 Å². The van der Waals surface area contributed by atoms with Crippen LogP contribution in [-0.2, 0) is 10.2 Å². The molecule has 0 spiro atoms. The fourth-order valence-corrected chi connectivity index (χ4v) is 5.35. The van der Waals surface area contributed by atoms with Crippen molar-refractivity contribution < 1.29 is 4.79 Å². The lowest BCUT2D eigenvalue weighted by Crippen LogP contribution is -2.61. The van der Waals surface area contributed by atoms with Crippen LogP contribution in [0.5, 0.6) is 0 Å². The summed E-state index contributed by atoms with van der Waals surface area (Å²) in [6.45, 7) is 1.00. The van der Waals surface area contributed by atoms with Gasteiger partial charge in [0.2, 0.25) is 5.91 Å². The van der Waals surface area contributed by atoms with E-state index in [4.69, 9.17) is 11.5 Å². The van der Waals surface area contributed by atoms with Gasteiger partial charge in [0.25, 0.3) is 0 Å². The van der Waals surface area contributed by atoms with E-state index in [0.717, 1.165) is 25.8 Å². The molecule has 31 heavy (non-hydrogen) atoms. The highest BCUT2D eigenvalue weighted by Gasteiger charge is 2.49. The number of hydrogen-bond acceptors (Lipinski definition) is 3. The zero-order chi connectivity index (χ0) is 21.7. The Kier molecular flexibility index (Phi) is 6.50. The minimum atomic E-state index is -0.539. The third-order valence-corrected chi connectivity index (χ3v) is 6.52. The number of carbonyl (C=O) groups excluding carboxylic acids is 1. The highest BCUT2D eigenvalue weighted by molar-refractivity contribution is 5.76. The van der Waals surface area contributed by atoms with Gasteiger partial charge in [-0.2, -0.15) is 0 Å². The zero-order valence-electron chi connectivity index (χ0n) is 17.9. The molecule has 3 aromatic carbocycles. The molecule has 4 rings (SSSR count). The molecule has 4 nitrogen and oxygen atoms in total. The van der Waals surface area contributed by atoms with E-state index >= 15 is 0 Å². The molecule has 1 saturated heterocycles. The molecule has 1 aliphatic rings. The van der Waals surface area contributed by atoms with Gasteiger partial charge in [-0.05, 0) is 36.1 Å². The Bertz CT molecular complexity index is 878. The number of likely N-dealkylation sites (tertiary alicyclic amines) is 1. The number of benzene rings is 3. The molecule has 0 bridgehead atoms. The van der Waals surface area contributed by atoms with Crippen LogP contribution in [0.15, 0.2) is 91.0 Å². The molecule has 0 aliphatic carbocycles. The summed E-state index contributed by atoms with van der Waals surface area (Å²) in [7, 11) is 0. The van der Waals surface area contributed by atoms with Gasteiger partial charge in [0.15, 0.2) is 0 Å². The average molecular weight is 414 g/mol. The number of nitrogens with zero attached hydrogens (tertiary/aromatic N) is 1. The lowest BCUT2D eigenvalue weighted by Gasteiger charge is -2.49. The fraction of sp³-hybridized carbons (Fsp3) is 0.296. The largest absolute Gasteiger partial charge is 0.369 e. The van der Waals surface area contributed by atoms with Gasteiger partial charge in [0.05, 0.1) is 12.0 Å². The van der Waals surface area contributed by atoms with E-state index in [0.29, 0.717) is 0 Å². The van der Waals surface area contributed by atoms with E-state index in [2.05, 4.69) is 77.7 Å². The number of hydrogen-bond donors (Lipinski definition) is 2. The van der Waals surface area contributed by atoms with Gasteiger partial charge in [-0.25, -0.2) is 0 Å². The van der Waals surface area contributed by atoms with Crippen molar-refractivity contribution in [2.75, 3.05) is 13.1 Å². The van der Waals surface area contributed by atoms with Crippen LogP contribution in [0.2, 0.25) is 0 Å². The maximum absolute atomic E-state index is 12.1. The number of nitrogens with two attached hydrogens (primary N) is 2. The van der Waals surface area contributed by atoms with Gasteiger partial charge in [-0.3, -0.25) is 9.69 Å². The maximum Gasteiger partial charge on any atom is 0.231 e. The summed E-state index contributed by atoms with van der Waals surface area (Å²) in [5.41, 5.74) is 15.6. The van der Waals surface area contributed by atoms with E-state index in [9.17, 15) is 4.79 Å². The summed E-state index contributed by atoms with van der Waals surface area (Å²) >= 11 is 0. The average Bonchev–Trinajstić information content (AvgIpc) is 2.98. The molecular formula is C27H31N3O. The summed E-state index contributed by atoms with van der Waals surface area (Å²) in [5.74, 6) is -0.317. The number of amides is 1. The lowest BCUT2D eigenvalue weighted by atomic mass is 9.62. The summed E-state index contributed by atoms with van der Waals surface area (Å²) in [4.78, 5) is 14.3. The van der Waals surface area contributed by atoms with Crippen molar-refractivity contribution in [1.29, 1.82) is 0 Å². The van der Waals surface area contributed by atoms with Gasteiger partial charge in [0.1, 0.15) is 0 Å². The van der Waals surface area contributed by atoms with Crippen LogP contribution in [0, 0.1) is 0 Å². The van der Waals surface area contributed by atoms with Crippen molar-refractivity contribution in [3.05, 3.63) is 108 Å². The molecule has 0 saturated carbocycles. The smallest absolute Gasteiger partial charge is 0.231 e. The van der Waals surface area contributed by atoms with Crippen molar-refractivity contribution in [2.24, 2.45) is 11.5 Å². The van der Waals surface area contributed by atoms with Crippen LogP contribution in [-0.4, -0.2) is 36.0 Å². The first kappa shape index (κ1) is 21.3. The third kappa shape index (κ3) is 4.14. The molecule has 0 radical (unpaired) electrons. The molecule has 160 valence electrons. The van der Waals surface area contributed by atoms with Crippen molar-refractivity contribution in [1.82, 2.24) is 4.90 Å². The maximum atomic E-state index is 12.1. The van der Waals surface area contributed by atoms with E-state index in [1.807, 2.05) is 18.2 Å². The molecule has 1 aliphatic heterocycles. The molecule has 3 aromatic rings. The lowest BCUT2D eigenvalue weighted by molar-refractivity contribution is -0.120. The first-order valence-electron chi connectivity index (χ1n) is 11.1. The first-order valence-corrected chi connectivity index (χ1v) is 11.1. The van der Waals surface area contributed by atoms with E-state index < -0.39 is 5.41 Å². The van der Waals surface area contributed by atoms with Gasteiger partial charge in [0, 0.05) is 12.1 Å². The normalized spacial score (nSPS) is 20.2. The first-order chi connectivity index (χ1) is 15.1. The van der Waals surface area contributed by atoms with Gasteiger partial charge in [-0.15, -0.1) is 0 Å². The molecule has 1 heterocycles. The molecule has 1 amide bonds. The highest BCUT2D eigenvalue weighted by atomic mass is 16.1. The van der Waals surface area contributed by atoms with Crippen LogP contribution in [0.25, 0.3) is 0 Å². The van der Waals surface area contributed by atoms with Crippen molar-refractivity contribution >= 4 is 5.91 Å². The number of carbonyl (C=O) groups is 1. The second kappa shape index (κ2) is 9.46. The second-order valence-corrected chi connectivity index (χ2v) is 8.45. The Balaban J connectivity index is 2.06. The molecule has 1 unspecified atom stereocenters. The monoisotopic (exact) mass is 413 g/mol. The predicted octanol–water partition coefficient (Wildman–Crippen LogP) is 3.69. The Morgan fingerprint density at radius 3 is 1.68 bits per heavy atom. The van der Waals surface area contributed by atoms with Gasteiger partial charge in [-0.1, -0.05) is 97.4 Å². The van der Waals surface area contributed by atoms with Crippen LogP contribution in [0.3, 0.4) is 0 Å². The molecule has 0 aromatic heterocycles. The number of rotatable bonds is 6. The molecule has 4 heteroatoms. The molecule has 2 atom stereocenters. The SMILES string of the molecule is NC(=O)CN1CCCCC(N)[C@@H]1C(c1ccccc1)(c1ccccc1)c1ccccc1. The van der Waals surface area contributed by atoms with Gasteiger partial charge < -0.3 is 11.5 Å². The summed E-state index contributed by atoms with van der Waals surface area (Å²) in [5, 5.41) is 0. The molecule has 1 fully saturated rings. The van der Waals surface area contributed by atoms with Crippen LogP contribution < -0.4 is 11.5 Å². The van der Waals surface area contributed by atoms with Crippen molar-refractivity contribution in [2.45, 2.75) is 36.8 Å². The molecule has 4 N–H and O–H groups in total. The second-order valence-electron chi connectivity index (χ2n) is 8.45. The minimum Gasteiger partial charge on any atom is -0.369 e. The Labute approximate surface area is 184 Å². The Morgan fingerprint density at radius 2 is 1.26 bits per heavy atom. The Morgan fingerprint density at radius 1 is 0.806 bits per heavy atom. The van der Waals surface area contributed by atoms with Crippen molar-refractivity contribution in [3.63, 3.8) is 0 Å². The fourth-order valence-electron chi connectivity index (χ4n) is 5.35. The summed E-state index contributed by atoms with van der Waals surface area (Å²) < 4.78 is 0. The predicted molar refractivity (Wildman–Crippen MR) is 126 cm³/mol. The van der Waals surface area contributed by atoms with E-state index in [1.165, 1.54) is 16.7 Å². The number of primary amides is 1. The van der Waals surface area contributed by atoms with Crippen LogP contribution >= 0.6 is 0 Å². The van der Waals surface area contributed by atoms with Gasteiger partial charge >= 0.3 is 0 Å². The topological polar surface area (TPSA) is 72.4 Å². The quantitative estimate of drug-likeness (QED) is 0.606. The standard InChI is InChI=1S/C27H31N3O/c28-24-18-10-11-19-30(20-25(29)31)26(24)27(21-12-4-1-5-13-21,22-14-6-2-7-15-22)23-16-8-3-9-17-23/h1-9,12-17,24,26H,10-11,18-20,28H2,(H2,29,31)/t24?,26-/m1/s1.